The van der Waals surface area contributed by atoms with Gasteiger partial charge in [0, 0.05) is 22.8 Å². The molecule has 0 saturated carbocycles. The van der Waals surface area contributed by atoms with Gasteiger partial charge in [-0.2, -0.15) is 0 Å². The van der Waals surface area contributed by atoms with Gasteiger partial charge >= 0.3 is 0 Å². The van der Waals surface area contributed by atoms with Gasteiger partial charge < -0.3 is 14.7 Å². The van der Waals surface area contributed by atoms with Crippen molar-refractivity contribution in [1.29, 1.82) is 0 Å². The van der Waals surface area contributed by atoms with Crippen LogP contribution in [0, 0.1) is 0 Å². The van der Waals surface area contributed by atoms with E-state index in [1.807, 2.05) is 41.3 Å². The van der Waals surface area contributed by atoms with Gasteiger partial charge in [0.2, 0.25) is 0 Å². The number of carbonyl (C=O) groups is 1. The molecule has 132 valence electrons. The highest BCUT2D eigenvalue weighted by Gasteiger charge is 2.28. The summed E-state index contributed by atoms with van der Waals surface area (Å²) in [5.41, 5.74) is 3.15. The van der Waals surface area contributed by atoms with Crippen molar-refractivity contribution in [2.75, 3.05) is 26.0 Å². The van der Waals surface area contributed by atoms with E-state index in [1.54, 1.807) is 18.9 Å². The molecule has 0 radical (unpaired) electrons. The van der Waals surface area contributed by atoms with Crippen LogP contribution in [0.2, 0.25) is 0 Å². The Bertz CT molecular complexity index is 745. The fraction of sp³-hybridized carbons (Fsp3) is 0.350. The number of nitrogens with zero attached hydrogens (tertiary/aromatic N) is 1. The van der Waals surface area contributed by atoms with Crippen LogP contribution in [0.25, 0.3) is 0 Å². The Morgan fingerprint density at radius 1 is 1.28 bits per heavy atom. The number of methoxy groups -OCH3 is 1. The maximum atomic E-state index is 12.9. The van der Waals surface area contributed by atoms with Crippen LogP contribution >= 0.6 is 11.8 Å². The molecule has 1 amide bonds. The number of hydrogen-bond acceptors (Lipinski definition) is 4. The molecule has 2 aromatic carbocycles. The van der Waals surface area contributed by atoms with Gasteiger partial charge in [0.15, 0.2) is 0 Å². The summed E-state index contributed by atoms with van der Waals surface area (Å²) in [7, 11) is 1.66. The highest BCUT2D eigenvalue weighted by Crippen LogP contribution is 2.33. The molecule has 3 rings (SSSR count). The van der Waals surface area contributed by atoms with E-state index in [1.165, 1.54) is 5.56 Å². The Balaban J connectivity index is 1.78. The van der Waals surface area contributed by atoms with Crippen molar-refractivity contribution in [3.8, 4) is 5.75 Å². The van der Waals surface area contributed by atoms with Crippen molar-refractivity contribution in [3.63, 3.8) is 0 Å². The average Bonchev–Trinajstić information content (AvgIpc) is 2.66. The van der Waals surface area contributed by atoms with Gasteiger partial charge in [-0.05, 0) is 60.9 Å². The Morgan fingerprint density at radius 3 is 2.72 bits per heavy atom. The summed E-state index contributed by atoms with van der Waals surface area (Å²) in [6.45, 7) is 2.95. The fourth-order valence-electron chi connectivity index (χ4n) is 3.22. The predicted molar refractivity (Wildman–Crippen MR) is 100 cm³/mol. The maximum absolute atomic E-state index is 12.9. The predicted octanol–water partition coefficient (Wildman–Crippen LogP) is 3.54. The molecule has 5 heteroatoms. The van der Waals surface area contributed by atoms with Crippen LogP contribution in [0.15, 0.2) is 47.4 Å². The Morgan fingerprint density at radius 2 is 2.04 bits per heavy atom. The monoisotopic (exact) mass is 357 g/mol. The highest BCUT2D eigenvalue weighted by molar-refractivity contribution is 7.99. The molecule has 2 aromatic rings. The van der Waals surface area contributed by atoms with E-state index in [4.69, 9.17) is 9.84 Å². The maximum Gasteiger partial charge on any atom is 0.254 e. The van der Waals surface area contributed by atoms with Gasteiger partial charge in [-0.3, -0.25) is 4.79 Å². The van der Waals surface area contributed by atoms with Crippen LogP contribution in [0.4, 0.5) is 0 Å². The van der Waals surface area contributed by atoms with Gasteiger partial charge in [0.1, 0.15) is 5.75 Å². The minimum absolute atomic E-state index is 0.0230. The Labute approximate surface area is 152 Å². The molecule has 1 N–H and O–H groups in total. The summed E-state index contributed by atoms with van der Waals surface area (Å²) >= 11 is 1.58. The van der Waals surface area contributed by atoms with Gasteiger partial charge in [0.05, 0.1) is 19.8 Å². The molecule has 1 aliphatic heterocycles. The summed E-state index contributed by atoms with van der Waals surface area (Å²) in [6.07, 6.45) is 0.861. The minimum Gasteiger partial charge on any atom is -0.497 e. The van der Waals surface area contributed by atoms with Gasteiger partial charge in [-0.1, -0.05) is 6.07 Å². The molecule has 1 atom stereocenters. The third kappa shape index (κ3) is 3.83. The van der Waals surface area contributed by atoms with Crippen molar-refractivity contribution in [2.24, 2.45) is 0 Å². The topological polar surface area (TPSA) is 49.8 Å². The summed E-state index contributed by atoms with van der Waals surface area (Å²) in [6, 6.07) is 13.8. The summed E-state index contributed by atoms with van der Waals surface area (Å²) < 4.78 is 5.33. The molecule has 1 unspecified atom stereocenters. The van der Waals surface area contributed by atoms with E-state index >= 15 is 0 Å². The molecule has 1 aliphatic rings. The number of amides is 1. The van der Waals surface area contributed by atoms with Crippen molar-refractivity contribution in [2.45, 2.75) is 24.3 Å². The summed E-state index contributed by atoms with van der Waals surface area (Å²) in [5.74, 6) is 1.54. The van der Waals surface area contributed by atoms with Crippen molar-refractivity contribution >= 4 is 17.7 Å². The van der Waals surface area contributed by atoms with E-state index in [2.05, 4.69) is 13.0 Å². The first kappa shape index (κ1) is 17.8. The van der Waals surface area contributed by atoms with E-state index in [0.717, 1.165) is 29.2 Å². The molecule has 0 fully saturated rings. The Hall–Kier alpha value is -1.98. The number of carbonyl (C=O) groups excluding carboxylic acids is 1. The molecular weight excluding hydrogens is 334 g/mol. The van der Waals surface area contributed by atoms with Crippen LogP contribution in [0.5, 0.6) is 5.75 Å². The number of benzene rings is 2. The second-order valence-electron chi connectivity index (χ2n) is 6.09. The van der Waals surface area contributed by atoms with Crippen molar-refractivity contribution < 1.29 is 14.6 Å². The minimum atomic E-state index is 0.0230. The van der Waals surface area contributed by atoms with E-state index in [0.29, 0.717) is 11.3 Å². The highest BCUT2D eigenvalue weighted by atomic mass is 32.2. The lowest BCUT2D eigenvalue weighted by Crippen LogP contribution is -2.38. The van der Waals surface area contributed by atoms with Gasteiger partial charge in [0.25, 0.3) is 5.91 Å². The molecule has 0 bridgehead atoms. The molecule has 0 spiro atoms. The number of fused-ring (bicyclic) bond motifs is 1. The molecule has 4 nitrogen and oxygen atoms in total. The van der Waals surface area contributed by atoms with Crippen LogP contribution in [0.1, 0.15) is 34.5 Å². The molecule has 0 aromatic heterocycles. The smallest absolute Gasteiger partial charge is 0.254 e. The van der Waals surface area contributed by atoms with Crippen LogP contribution in [-0.2, 0) is 6.42 Å². The first-order valence-electron chi connectivity index (χ1n) is 8.45. The molecular formula is C20H23NO3S. The van der Waals surface area contributed by atoms with Crippen molar-refractivity contribution in [3.05, 3.63) is 59.2 Å². The number of thioether (sulfide) groups is 1. The standard InChI is InChI=1S/C20H23NO3S/c1-14-19-13-17(24-2)6-3-15(19)9-10-21(14)20(23)16-4-7-18(8-5-16)25-12-11-22/h3-8,13-14,22H,9-12H2,1-2H3. The molecule has 0 saturated heterocycles. The SMILES string of the molecule is COc1ccc2c(c1)C(C)N(C(=O)c1ccc(SCCO)cc1)CC2. The van der Waals surface area contributed by atoms with Crippen LogP contribution < -0.4 is 4.74 Å². The van der Waals surface area contributed by atoms with E-state index in [9.17, 15) is 4.79 Å². The lowest BCUT2D eigenvalue weighted by Gasteiger charge is -2.35. The lowest BCUT2D eigenvalue weighted by molar-refractivity contribution is 0.0677. The number of aliphatic hydroxyl groups excluding tert-OH is 1. The zero-order valence-corrected chi connectivity index (χ0v) is 15.4. The van der Waals surface area contributed by atoms with Crippen molar-refractivity contribution in [1.82, 2.24) is 4.90 Å². The lowest BCUT2D eigenvalue weighted by atomic mass is 9.92. The van der Waals surface area contributed by atoms with E-state index < -0.39 is 0 Å². The fourth-order valence-corrected chi connectivity index (χ4v) is 3.88. The third-order valence-electron chi connectivity index (χ3n) is 4.61. The van der Waals surface area contributed by atoms with Gasteiger partial charge in [-0.25, -0.2) is 0 Å². The number of aliphatic hydroxyl groups is 1. The number of rotatable bonds is 5. The molecule has 0 aliphatic carbocycles. The average molecular weight is 357 g/mol. The number of hydrogen-bond donors (Lipinski definition) is 1. The first-order chi connectivity index (χ1) is 12.1. The zero-order valence-electron chi connectivity index (χ0n) is 14.6. The first-order valence-corrected chi connectivity index (χ1v) is 9.44. The second-order valence-corrected chi connectivity index (χ2v) is 7.25. The second kappa shape index (κ2) is 7.93. The normalized spacial score (nSPS) is 16.4. The molecule has 1 heterocycles. The van der Waals surface area contributed by atoms with E-state index in [-0.39, 0.29) is 18.6 Å². The quantitative estimate of drug-likeness (QED) is 0.832. The third-order valence-corrected chi connectivity index (χ3v) is 5.61. The zero-order chi connectivity index (χ0) is 17.8. The summed E-state index contributed by atoms with van der Waals surface area (Å²) in [4.78, 5) is 15.9. The largest absolute Gasteiger partial charge is 0.497 e. The number of ether oxygens (including phenoxy) is 1. The Kier molecular flexibility index (Phi) is 5.66. The van der Waals surface area contributed by atoms with Gasteiger partial charge in [-0.15, -0.1) is 11.8 Å². The summed E-state index contributed by atoms with van der Waals surface area (Å²) in [5, 5.41) is 8.90. The van der Waals surface area contributed by atoms with Crippen LogP contribution in [-0.4, -0.2) is 41.9 Å². The molecule has 25 heavy (non-hydrogen) atoms. The van der Waals surface area contributed by atoms with Crippen LogP contribution in [0.3, 0.4) is 0 Å².